The summed E-state index contributed by atoms with van der Waals surface area (Å²) in [5, 5.41) is 7.23. The second kappa shape index (κ2) is 4.91. The van der Waals surface area contributed by atoms with Crippen LogP contribution < -0.4 is 5.32 Å². The van der Waals surface area contributed by atoms with Crippen LogP contribution in [0.1, 0.15) is 21.4 Å². The molecule has 2 aromatic heterocycles. The fraction of sp³-hybridized carbons (Fsp3) is 0.333. The maximum atomic E-state index is 11.2. The van der Waals surface area contributed by atoms with E-state index in [1.165, 1.54) is 24.6 Å². The minimum Gasteiger partial charge on any atom is -0.465 e. The van der Waals surface area contributed by atoms with Crippen molar-refractivity contribution in [1.82, 2.24) is 15.1 Å². The Morgan fingerprint density at radius 3 is 3.12 bits per heavy atom. The van der Waals surface area contributed by atoms with Gasteiger partial charge in [0.25, 0.3) is 0 Å². The number of aryl methyl sites for hydroxylation is 1. The molecule has 2 aromatic rings. The molecule has 0 fully saturated rings. The number of methoxy groups -OCH3 is 1. The molecule has 2 rings (SSSR count). The van der Waals surface area contributed by atoms with E-state index in [1.807, 2.05) is 0 Å². The monoisotopic (exact) mass is 254 g/mol. The SMILES string of the molecule is COC(=O)c1cnc(NCc2nc(C)no2)s1. The van der Waals surface area contributed by atoms with Gasteiger partial charge >= 0.3 is 5.97 Å². The first-order chi connectivity index (χ1) is 8.19. The molecule has 0 unspecified atom stereocenters. The predicted molar refractivity (Wildman–Crippen MR) is 59.8 cm³/mol. The van der Waals surface area contributed by atoms with Gasteiger partial charge < -0.3 is 14.6 Å². The molecule has 0 bridgehead atoms. The highest BCUT2D eigenvalue weighted by atomic mass is 32.1. The lowest BCUT2D eigenvalue weighted by Gasteiger charge is -1.96. The number of hydrogen-bond donors (Lipinski definition) is 1. The van der Waals surface area contributed by atoms with Crippen LogP contribution in [-0.2, 0) is 11.3 Å². The third-order valence-electron chi connectivity index (χ3n) is 1.85. The van der Waals surface area contributed by atoms with E-state index in [2.05, 4.69) is 25.2 Å². The van der Waals surface area contributed by atoms with Crippen LogP contribution in [0.15, 0.2) is 10.7 Å². The van der Waals surface area contributed by atoms with E-state index in [1.54, 1.807) is 6.92 Å². The summed E-state index contributed by atoms with van der Waals surface area (Å²) >= 11 is 1.20. The first kappa shape index (κ1) is 11.5. The van der Waals surface area contributed by atoms with Crippen molar-refractivity contribution in [1.29, 1.82) is 0 Å². The minimum atomic E-state index is -0.399. The third kappa shape index (κ3) is 2.78. The molecule has 0 atom stereocenters. The van der Waals surface area contributed by atoms with Crippen molar-refractivity contribution in [2.45, 2.75) is 13.5 Å². The summed E-state index contributed by atoms with van der Waals surface area (Å²) in [6.07, 6.45) is 1.46. The van der Waals surface area contributed by atoms with E-state index < -0.39 is 5.97 Å². The van der Waals surface area contributed by atoms with Gasteiger partial charge in [-0.2, -0.15) is 4.98 Å². The molecule has 0 saturated heterocycles. The quantitative estimate of drug-likeness (QED) is 0.820. The Labute approximate surface area is 101 Å². The molecule has 2 heterocycles. The van der Waals surface area contributed by atoms with Gasteiger partial charge in [-0.1, -0.05) is 16.5 Å². The summed E-state index contributed by atoms with van der Waals surface area (Å²) in [4.78, 5) is 19.7. The average Bonchev–Trinajstić information content (AvgIpc) is 2.94. The summed E-state index contributed by atoms with van der Waals surface area (Å²) < 4.78 is 9.50. The lowest BCUT2D eigenvalue weighted by molar-refractivity contribution is 0.0606. The van der Waals surface area contributed by atoms with Crippen LogP contribution in [0, 0.1) is 6.92 Å². The summed E-state index contributed by atoms with van der Waals surface area (Å²) in [6.45, 7) is 2.11. The minimum absolute atomic E-state index is 0.370. The van der Waals surface area contributed by atoms with Crippen LogP contribution in [0.25, 0.3) is 0 Å². The van der Waals surface area contributed by atoms with E-state index in [9.17, 15) is 4.79 Å². The second-order valence-corrected chi connectivity index (χ2v) is 4.14. The largest absolute Gasteiger partial charge is 0.465 e. The van der Waals surface area contributed by atoms with Crippen molar-refractivity contribution in [2.24, 2.45) is 0 Å². The van der Waals surface area contributed by atoms with Gasteiger partial charge in [0.1, 0.15) is 4.88 Å². The number of anilines is 1. The molecule has 0 aliphatic heterocycles. The predicted octanol–water partition coefficient (Wildman–Crippen LogP) is 1.23. The second-order valence-electron chi connectivity index (χ2n) is 3.11. The normalized spacial score (nSPS) is 10.2. The Balaban J connectivity index is 1.95. The highest BCUT2D eigenvalue weighted by Gasteiger charge is 2.11. The molecule has 90 valence electrons. The van der Waals surface area contributed by atoms with E-state index >= 15 is 0 Å². The first-order valence-corrected chi connectivity index (χ1v) is 5.58. The van der Waals surface area contributed by atoms with Crippen molar-refractivity contribution in [3.8, 4) is 0 Å². The molecule has 0 spiro atoms. The Morgan fingerprint density at radius 1 is 1.65 bits per heavy atom. The molecule has 0 amide bonds. The topological polar surface area (TPSA) is 90.1 Å². The summed E-state index contributed by atoms with van der Waals surface area (Å²) in [7, 11) is 1.33. The maximum Gasteiger partial charge on any atom is 0.349 e. The number of thiazole rings is 1. The van der Waals surface area contributed by atoms with Crippen LogP contribution in [0.4, 0.5) is 5.13 Å². The summed E-state index contributed by atoms with van der Waals surface area (Å²) in [5.41, 5.74) is 0. The van der Waals surface area contributed by atoms with Crippen molar-refractivity contribution >= 4 is 22.4 Å². The number of ether oxygens (including phenoxy) is 1. The highest BCUT2D eigenvalue weighted by Crippen LogP contribution is 2.19. The smallest absolute Gasteiger partial charge is 0.349 e. The van der Waals surface area contributed by atoms with Gasteiger partial charge in [0.2, 0.25) is 5.89 Å². The third-order valence-corrected chi connectivity index (χ3v) is 2.79. The van der Waals surface area contributed by atoms with E-state index in [0.29, 0.717) is 28.3 Å². The molecular formula is C9H10N4O3S. The summed E-state index contributed by atoms with van der Waals surface area (Å²) in [5.74, 6) is 0.651. The van der Waals surface area contributed by atoms with Crippen molar-refractivity contribution in [3.05, 3.63) is 22.8 Å². The summed E-state index contributed by atoms with van der Waals surface area (Å²) in [6, 6.07) is 0. The van der Waals surface area contributed by atoms with E-state index in [0.717, 1.165) is 0 Å². The molecule has 0 aromatic carbocycles. The number of esters is 1. The van der Waals surface area contributed by atoms with Gasteiger partial charge in [0.15, 0.2) is 11.0 Å². The number of nitrogens with zero attached hydrogens (tertiary/aromatic N) is 3. The molecule has 17 heavy (non-hydrogen) atoms. The molecule has 7 nitrogen and oxygen atoms in total. The zero-order valence-corrected chi connectivity index (χ0v) is 10.1. The molecule has 0 saturated carbocycles. The zero-order chi connectivity index (χ0) is 12.3. The van der Waals surface area contributed by atoms with Crippen LogP contribution >= 0.6 is 11.3 Å². The van der Waals surface area contributed by atoms with E-state index in [-0.39, 0.29) is 0 Å². The van der Waals surface area contributed by atoms with Gasteiger partial charge in [-0.25, -0.2) is 9.78 Å². The van der Waals surface area contributed by atoms with Crippen LogP contribution in [0.2, 0.25) is 0 Å². The van der Waals surface area contributed by atoms with Gasteiger partial charge in [0, 0.05) is 0 Å². The number of hydrogen-bond acceptors (Lipinski definition) is 8. The Kier molecular flexibility index (Phi) is 3.33. The Morgan fingerprint density at radius 2 is 2.47 bits per heavy atom. The number of nitrogens with one attached hydrogen (secondary N) is 1. The molecule has 8 heteroatoms. The maximum absolute atomic E-state index is 11.2. The Bertz CT molecular complexity index is 522. The van der Waals surface area contributed by atoms with Crippen LogP contribution in [-0.4, -0.2) is 28.2 Å². The van der Waals surface area contributed by atoms with Crippen LogP contribution in [0.5, 0.6) is 0 Å². The highest BCUT2D eigenvalue weighted by molar-refractivity contribution is 7.17. The molecule has 1 N–H and O–H groups in total. The van der Waals surface area contributed by atoms with Crippen LogP contribution in [0.3, 0.4) is 0 Å². The lowest BCUT2D eigenvalue weighted by Crippen LogP contribution is -1.99. The number of carbonyl (C=O) groups excluding carboxylic acids is 1. The number of rotatable bonds is 4. The lowest BCUT2D eigenvalue weighted by atomic mass is 10.6. The number of carbonyl (C=O) groups is 1. The van der Waals surface area contributed by atoms with Gasteiger partial charge in [-0.15, -0.1) is 0 Å². The Hall–Kier alpha value is -1.96. The average molecular weight is 254 g/mol. The number of aromatic nitrogens is 3. The van der Waals surface area contributed by atoms with Crippen molar-refractivity contribution < 1.29 is 14.1 Å². The standard InChI is InChI=1S/C9H10N4O3S/c1-5-12-7(16-13-5)4-11-9-10-3-6(17-9)8(14)15-2/h3H,4H2,1-2H3,(H,10,11). The molecule has 0 aliphatic carbocycles. The van der Waals surface area contributed by atoms with Gasteiger partial charge in [0.05, 0.1) is 19.9 Å². The fourth-order valence-corrected chi connectivity index (χ4v) is 1.84. The van der Waals surface area contributed by atoms with Gasteiger partial charge in [-0.05, 0) is 6.92 Å². The molecule has 0 aliphatic rings. The molecular weight excluding hydrogens is 244 g/mol. The van der Waals surface area contributed by atoms with Gasteiger partial charge in [-0.3, -0.25) is 0 Å². The first-order valence-electron chi connectivity index (χ1n) is 4.76. The van der Waals surface area contributed by atoms with Crippen molar-refractivity contribution in [2.75, 3.05) is 12.4 Å². The van der Waals surface area contributed by atoms with Crippen molar-refractivity contribution in [3.63, 3.8) is 0 Å². The fourth-order valence-electron chi connectivity index (χ4n) is 1.11. The van der Waals surface area contributed by atoms with E-state index in [4.69, 9.17) is 4.52 Å². The molecule has 0 radical (unpaired) electrons. The zero-order valence-electron chi connectivity index (χ0n) is 9.26.